The molecule has 0 aliphatic carbocycles. The van der Waals surface area contributed by atoms with Crippen LogP contribution in [0.15, 0.2) is 55.6 Å². The molecule has 112 valence electrons. The van der Waals surface area contributed by atoms with E-state index in [9.17, 15) is 16.8 Å². The molecule has 1 aromatic rings. The van der Waals surface area contributed by atoms with Gasteiger partial charge >= 0.3 is 39.7 Å². The normalized spacial score (nSPS) is 12.8. The largest absolute Gasteiger partial charge is 1.00 e. The molecule has 0 spiro atoms. The third kappa shape index (κ3) is 5.93. The number of hydrogen-bond donors (Lipinski definition) is 0. The number of para-hydroxylation sites is 1. The zero-order chi connectivity index (χ0) is 15.2. The topological polar surface area (TPSA) is 86.7 Å². The van der Waals surface area contributed by atoms with Crippen LogP contribution in [0.3, 0.4) is 0 Å². The Balaban J connectivity index is 0. The molecule has 0 amide bonds. The van der Waals surface area contributed by atoms with Gasteiger partial charge in [0.2, 0.25) is 4.58 Å². The van der Waals surface area contributed by atoms with E-state index in [0.29, 0.717) is 0 Å². The van der Waals surface area contributed by atoms with E-state index in [0.717, 1.165) is 6.08 Å². The molecule has 0 N–H and O–H groups in total. The van der Waals surface area contributed by atoms with Crippen LogP contribution < -0.4 is 33.7 Å². The number of benzene rings is 1. The van der Waals surface area contributed by atoms with Gasteiger partial charge in [0.05, 0.1) is 6.61 Å². The summed E-state index contributed by atoms with van der Waals surface area (Å²) in [6, 6.07) is 7.53. The number of rotatable bonds is 8. The summed E-state index contributed by atoms with van der Waals surface area (Å²) in [5.41, 5.74) is 0. The molecule has 0 saturated heterocycles. The fraction of sp³-hybridized carbons (Fsp3) is 0.167. The van der Waals surface area contributed by atoms with E-state index < -0.39 is 24.8 Å². The molecule has 1 atom stereocenters. The average Bonchev–Trinajstić information content (AvgIpc) is 2.37. The van der Waals surface area contributed by atoms with Gasteiger partial charge < -0.3 is 5.61 Å². The minimum atomic E-state index is -4.48. The van der Waals surface area contributed by atoms with Crippen LogP contribution in [0.5, 0.6) is 5.75 Å². The first-order valence-electron chi connectivity index (χ1n) is 5.43. The van der Waals surface area contributed by atoms with Gasteiger partial charge in [-0.1, -0.05) is 30.4 Å². The second-order valence-electron chi connectivity index (χ2n) is 3.56. The molecule has 1 aromatic carbocycles. The molecule has 21 heavy (non-hydrogen) atoms. The van der Waals surface area contributed by atoms with Crippen molar-refractivity contribution in [2.45, 2.75) is 4.58 Å². The number of hydrogen-bond acceptors (Lipinski definition) is 6. The van der Waals surface area contributed by atoms with Gasteiger partial charge in [-0.25, -0.2) is 0 Å². The Bertz CT molecular complexity index is 673. The van der Waals surface area contributed by atoms with Crippen LogP contribution in [0, 0.1) is 0 Å². The van der Waals surface area contributed by atoms with Crippen LogP contribution in [0.2, 0.25) is 0 Å². The predicted molar refractivity (Wildman–Crippen MR) is 76.2 cm³/mol. The van der Waals surface area contributed by atoms with Gasteiger partial charge in [0.25, 0.3) is 10.1 Å². The Kier molecular flexibility index (Phi) is 8.45. The van der Waals surface area contributed by atoms with Gasteiger partial charge in [-0.3, -0.25) is 4.18 Å². The maximum absolute atomic E-state index is 12.0. The third-order valence-electron chi connectivity index (χ3n) is 2.07. The minimum Gasteiger partial charge on any atom is -1.00 e. The van der Waals surface area contributed by atoms with Gasteiger partial charge in [-0.05, 0) is 12.1 Å². The van der Waals surface area contributed by atoms with E-state index >= 15 is 0 Å². The Hall–Kier alpha value is -0.640. The minimum absolute atomic E-state index is 0. The van der Waals surface area contributed by atoms with Crippen LogP contribution >= 0.6 is 0 Å². The summed E-state index contributed by atoms with van der Waals surface area (Å²) < 4.78 is 54.6. The fourth-order valence-corrected chi connectivity index (χ4v) is 4.05. The summed E-state index contributed by atoms with van der Waals surface area (Å²) >= 11 is 0. The Morgan fingerprint density at radius 1 is 1.10 bits per heavy atom. The molecule has 0 heterocycles. The molecular weight excluding hydrogens is 327 g/mol. The third-order valence-corrected chi connectivity index (χ3v) is 5.89. The van der Waals surface area contributed by atoms with E-state index in [-0.39, 0.29) is 43.3 Å². The Morgan fingerprint density at radius 2 is 1.67 bits per heavy atom. The van der Waals surface area contributed by atoms with Crippen molar-refractivity contribution < 1.29 is 56.2 Å². The summed E-state index contributed by atoms with van der Waals surface area (Å²) in [6.07, 6.45) is 1.92. The molecule has 0 aliphatic rings. The smallest absolute Gasteiger partial charge is 1.00 e. The van der Waals surface area contributed by atoms with Crippen molar-refractivity contribution in [3.05, 3.63) is 55.6 Å². The van der Waals surface area contributed by atoms with Crippen LogP contribution in [0.4, 0.5) is 0 Å². The van der Waals surface area contributed by atoms with Crippen molar-refractivity contribution >= 4 is 20.2 Å². The molecule has 9 heteroatoms. The fourth-order valence-electron chi connectivity index (χ4n) is 1.25. The van der Waals surface area contributed by atoms with E-state index in [4.69, 9.17) is 4.18 Å². The van der Waals surface area contributed by atoms with Gasteiger partial charge in [0.1, 0.15) is 5.75 Å². The van der Waals surface area contributed by atoms with E-state index in [1.165, 1.54) is 18.2 Å². The zero-order valence-corrected chi connectivity index (χ0v) is 15.1. The summed E-state index contributed by atoms with van der Waals surface area (Å²) in [5.74, 6) is -0.00160. The van der Waals surface area contributed by atoms with E-state index in [2.05, 4.69) is 17.3 Å². The summed E-state index contributed by atoms with van der Waals surface area (Å²) in [5, 5.41) is 0. The Morgan fingerprint density at radius 3 is 2.14 bits per heavy atom. The summed E-state index contributed by atoms with van der Waals surface area (Å²) in [4.78, 5) is 0. The summed E-state index contributed by atoms with van der Waals surface area (Å²) in [6.45, 7) is 6.14. The van der Waals surface area contributed by atoms with Crippen molar-refractivity contribution in [3.63, 3.8) is 0 Å². The van der Waals surface area contributed by atoms with Crippen molar-refractivity contribution in [1.29, 1.82) is 0 Å². The van der Waals surface area contributed by atoms with Crippen molar-refractivity contribution in [1.82, 2.24) is 0 Å². The maximum atomic E-state index is 12.0. The first kappa shape index (κ1) is 20.4. The van der Waals surface area contributed by atoms with Gasteiger partial charge in [-0.2, -0.15) is 16.8 Å². The van der Waals surface area contributed by atoms with Crippen LogP contribution in [0.1, 0.15) is 1.43 Å². The van der Waals surface area contributed by atoms with E-state index in [1.54, 1.807) is 18.2 Å². The second-order valence-corrected chi connectivity index (χ2v) is 7.25. The molecule has 0 aromatic heterocycles. The molecule has 0 radical (unpaired) electrons. The van der Waals surface area contributed by atoms with Crippen molar-refractivity contribution in [2.24, 2.45) is 0 Å². The SMILES string of the molecule is C=CCOS(=O)(=O)C(C=C)S(=O)(=O)Oc1ccccc1.[H-].[Na+]. The molecular formula is C12H15NaO6S2. The summed E-state index contributed by atoms with van der Waals surface area (Å²) in [7, 11) is -8.89. The second kappa shape index (κ2) is 8.72. The van der Waals surface area contributed by atoms with Crippen LogP contribution in [-0.2, 0) is 24.4 Å². The predicted octanol–water partition coefficient (Wildman–Crippen LogP) is -1.44. The van der Waals surface area contributed by atoms with Crippen LogP contribution in [-0.4, -0.2) is 28.0 Å². The quantitative estimate of drug-likeness (QED) is 0.327. The maximum Gasteiger partial charge on any atom is 1.00 e. The molecule has 0 saturated carbocycles. The van der Waals surface area contributed by atoms with Gasteiger partial charge in [0.15, 0.2) is 0 Å². The monoisotopic (exact) mass is 342 g/mol. The molecule has 0 bridgehead atoms. The average molecular weight is 342 g/mol. The van der Waals surface area contributed by atoms with Crippen LogP contribution in [0.25, 0.3) is 0 Å². The molecule has 6 nitrogen and oxygen atoms in total. The first-order valence-corrected chi connectivity index (χ1v) is 8.38. The zero-order valence-electron chi connectivity index (χ0n) is 12.5. The molecule has 0 fully saturated rings. The standard InChI is InChI=1S/C12H14O6S2.Na.H/c1-3-10-17-19(13,14)12(4-2)20(15,16)18-11-8-6-5-7-9-11;;/h3-9,12H,1-2,10H2;;/q;+1;-1. The molecule has 0 aliphatic heterocycles. The molecule has 1 rings (SSSR count). The Labute approximate surface area is 148 Å². The van der Waals surface area contributed by atoms with Gasteiger partial charge in [-0.15, -0.1) is 13.2 Å². The molecule has 1 unspecified atom stereocenters. The van der Waals surface area contributed by atoms with E-state index in [1.807, 2.05) is 0 Å². The van der Waals surface area contributed by atoms with Crippen molar-refractivity contribution in [2.75, 3.05) is 6.61 Å². The van der Waals surface area contributed by atoms with Gasteiger partial charge in [0, 0.05) is 0 Å². The van der Waals surface area contributed by atoms with Crippen molar-refractivity contribution in [3.8, 4) is 5.75 Å². The first-order chi connectivity index (χ1) is 9.33.